The molecular formula is C30H31ClFNO5. The molecule has 0 bridgehead atoms. The number of aliphatic carboxylic acids is 1. The number of rotatable bonds is 10. The van der Waals surface area contributed by atoms with Crippen LogP contribution in [0.3, 0.4) is 0 Å². The average Bonchev–Trinajstić information content (AvgIpc) is 3.15. The van der Waals surface area contributed by atoms with Crippen molar-refractivity contribution in [2.75, 3.05) is 6.54 Å². The van der Waals surface area contributed by atoms with E-state index in [1.54, 1.807) is 6.07 Å². The third kappa shape index (κ3) is 7.04. The first-order valence-electron chi connectivity index (χ1n) is 12.5. The van der Waals surface area contributed by atoms with Gasteiger partial charge < -0.3 is 19.5 Å². The van der Waals surface area contributed by atoms with E-state index in [1.807, 2.05) is 63.2 Å². The molecule has 0 aliphatic carbocycles. The second kappa shape index (κ2) is 11.4. The van der Waals surface area contributed by atoms with Gasteiger partial charge in [0.15, 0.2) is 0 Å². The van der Waals surface area contributed by atoms with Crippen LogP contribution in [-0.2, 0) is 35.4 Å². The predicted molar refractivity (Wildman–Crippen MR) is 143 cm³/mol. The molecule has 200 valence electrons. The van der Waals surface area contributed by atoms with Crippen LogP contribution in [0.25, 0.3) is 0 Å². The Morgan fingerprint density at radius 3 is 2.58 bits per heavy atom. The third-order valence-corrected chi connectivity index (χ3v) is 6.59. The summed E-state index contributed by atoms with van der Waals surface area (Å²) in [5, 5.41) is 9.50. The molecule has 3 aromatic rings. The summed E-state index contributed by atoms with van der Waals surface area (Å²) in [6.45, 7) is 5.57. The predicted octanol–water partition coefficient (Wildman–Crippen LogP) is 5.86. The molecule has 4 rings (SSSR count). The first kappa shape index (κ1) is 27.5. The van der Waals surface area contributed by atoms with Crippen LogP contribution in [0.5, 0.6) is 11.5 Å². The SMILES string of the molecule is CC(C)Oc1cccc(CN(CC(=O)O)C(=O)Cc2ccc3c(c2)C[C@@](C)(Cc2ccc(Cl)c(F)c2)O3)c1. The van der Waals surface area contributed by atoms with E-state index in [1.165, 1.54) is 17.0 Å². The molecule has 8 heteroatoms. The summed E-state index contributed by atoms with van der Waals surface area (Å²) < 4.78 is 25.8. The topological polar surface area (TPSA) is 76.1 Å². The number of halogens is 2. The highest BCUT2D eigenvalue weighted by Gasteiger charge is 2.35. The Balaban J connectivity index is 1.45. The molecule has 1 amide bonds. The van der Waals surface area contributed by atoms with E-state index in [4.69, 9.17) is 21.1 Å². The molecule has 1 heterocycles. The minimum Gasteiger partial charge on any atom is -0.491 e. The molecule has 0 fully saturated rings. The molecule has 38 heavy (non-hydrogen) atoms. The number of carboxylic acid groups (broad SMARTS) is 1. The van der Waals surface area contributed by atoms with E-state index in [0.29, 0.717) is 18.6 Å². The quantitative estimate of drug-likeness (QED) is 0.349. The van der Waals surface area contributed by atoms with Gasteiger partial charge in [0, 0.05) is 19.4 Å². The van der Waals surface area contributed by atoms with E-state index >= 15 is 0 Å². The van der Waals surface area contributed by atoms with Gasteiger partial charge in [-0.2, -0.15) is 0 Å². The second-order valence-electron chi connectivity index (χ2n) is 10.2. The molecule has 1 N–H and O–H groups in total. The molecule has 0 aromatic heterocycles. The highest BCUT2D eigenvalue weighted by molar-refractivity contribution is 6.30. The number of hydrogen-bond acceptors (Lipinski definition) is 4. The van der Waals surface area contributed by atoms with E-state index in [9.17, 15) is 19.1 Å². The fourth-order valence-corrected chi connectivity index (χ4v) is 4.87. The van der Waals surface area contributed by atoms with Crippen molar-refractivity contribution in [3.05, 3.63) is 93.8 Å². The average molecular weight is 540 g/mol. The fourth-order valence-electron chi connectivity index (χ4n) is 4.76. The summed E-state index contributed by atoms with van der Waals surface area (Å²) in [6.07, 6.45) is 1.15. The number of hydrogen-bond donors (Lipinski definition) is 1. The van der Waals surface area contributed by atoms with Crippen molar-refractivity contribution in [2.45, 2.75) is 58.3 Å². The summed E-state index contributed by atoms with van der Waals surface area (Å²) in [7, 11) is 0. The van der Waals surface area contributed by atoms with Crippen molar-refractivity contribution in [3.8, 4) is 11.5 Å². The second-order valence-corrected chi connectivity index (χ2v) is 10.6. The molecule has 0 saturated carbocycles. The van der Waals surface area contributed by atoms with E-state index in [0.717, 1.165) is 28.0 Å². The zero-order valence-electron chi connectivity index (χ0n) is 21.7. The summed E-state index contributed by atoms with van der Waals surface area (Å²) in [5.41, 5.74) is 2.73. The smallest absolute Gasteiger partial charge is 0.323 e. The number of fused-ring (bicyclic) bond motifs is 1. The first-order chi connectivity index (χ1) is 18.0. The summed E-state index contributed by atoms with van der Waals surface area (Å²) >= 11 is 5.81. The summed E-state index contributed by atoms with van der Waals surface area (Å²) in [4.78, 5) is 26.0. The van der Waals surface area contributed by atoms with Gasteiger partial charge in [-0.05, 0) is 73.4 Å². The Labute approximate surface area is 226 Å². The Hall–Kier alpha value is -3.58. The molecule has 1 atom stereocenters. The number of nitrogens with zero attached hydrogens (tertiary/aromatic N) is 1. The van der Waals surface area contributed by atoms with E-state index in [2.05, 4.69) is 0 Å². The zero-order chi connectivity index (χ0) is 27.4. The molecule has 1 aliphatic heterocycles. The van der Waals surface area contributed by atoms with Crippen LogP contribution in [-0.4, -0.2) is 40.1 Å². The standard InChI is InChI=1S/C30H31ClFNO5/c1-19(2)37-24-6-4-5-22(12-24)17-33(18-29(35)36)28(34)14-20-8-10-27-23(11-20)16-30(3,38-27)15-21-7-9-25(31)26(32)13-21/h4-13,19H,14-18H2,1-3H3,(H,35,36)/t30-/m1/s1. The van der Waals surface area contributed by atoms with Gasteiger partial charge in [0.25, 0.3) is 0 Å². The van der Waals surface area contributed by atoms with Crippen LogP contribution in [0.1, 0.15) is 43.0 Å². The largest absolute Gasteiger partial charge is 0.491 e. The molecule has 0 spiro atoms. The molecule has 0 saturated heterocycles. The highest BCUT2D eigenvalue weighted by atomic mass is 35.5. The Kier molecular flexibility index (Phi) is 8.26. The number of amides is 1. The van der Waals surface area contributed by atoms with Crippen LogP contribution in [0, 0.1) is 5.82 Å². The molecule has 0 radical (unpaired) electrons. The minimum absolute atomic E-state index is 0.00000612. The van der Waals surface area contributed by atoms with Gasteiger partial charge in [-0.25, -0.2) is 4.39 Å². The van der Waals surface area contributed by atoms with Crippen LogP contribution < -0.4 is 9.47 Å². The van der Waals surface area contributed by atoms with Gasteiger partial charge in [-0.1, -0.05) is 41.9 Å². The number of carbonyl (C=O) groups is 2. The maximum absolute atomic E-state index is 13.9. The van der Waals surface area contributed by atoms with Crippen molar-refractivity contribution in [2.24, 2.45) is 0 Å². The van der Waals surface area contributed by atoms with Gasteiger partial charge in [-0.3, -0.25) is 9.59 Å². The minimum atomic E-state index is -1.08. The Bertz CT molecular complexity index is 1340. The molecule has 1 aliphatic rings. The van der Waals surface area contributed by atoms with Gasteiger partial charge in [0.05, 0.1) is 17.5 Å². The lowest BCUT2D eigenvalue weighted by atomic mass is 9.91. The maximum Gasteiger partial charge on any atom is 0.323 e. The number of benzene rings is 3. The Morgan fingerprint density at radius 2 is 1.87 bits per heavy atom. The number of ether oxygens (including phenoxy) is 2. The van der Waals surface area contributed by atoms with Crippen molar-refractivity contribution in [1.29, 1.82) is 0 Å². The molecule has 6 nitrogen and oxygen atoms in total. The lowest BCUT2D eigenvalue weighted by molar-refractivity contribution is -0.144. The van der Waals surface area contributed by atoms with Gasteiger partial charge in [0.2, 0.25) is 5.91 Å². The fraction of sp³-hybridized carbons (Fsp3) is 0.333. The van der Waals surface area contributed by atoms with Crippen molar-refractivity contribution in [1.82, 2.24) is 4.90 Å². The molecule has 3 aromatic carbocycles. The monoisotopic (exact) mass is 539 g/mol. The van der Waals surface area contributed by atoms with Crippen LogP contribution >= 0.6 is 11.6 Å². The normalized spacial score (nSPS) is 16.2. The van der Waals surface area contributed by atoms with Gasteiger partial charge >= 0.3 is 5.97 Å². The Morgan fingerprint density at radius 1 is 1.11 bits per heavy atom. The lowest BCUT2D eigenvalue weighted by Crippen LogP contribution is -2.36. The number of carboxylic acids is 1. The van der Waals surface area contributed by atoms with Gasteiger partial charge in [-0.15, -0.1) is 0 Å². The first-order valence-corrected chi connectivity index (χ1v) is 12.9. The summed E-state index contributed by atoms with van der Waals surface area (Å²) in [5.74, 6) is -0.439. The lowest BCUT2D eigenvalue weighted by Gasteiger charge is -2.24. The van der Waals surface area contributed by atoms with Crippen molar-refractivity contribution in [3.63, 3.8) is 0 Å². The molecular weight excluding hydrogens is 509 g/mol. The maximum atomic E-state index is 13.9. The summed E-state index contributed by atoms with van der Waals surface area (Å²) in [6, 6.07) is 17.6. The van der Waals surface area contributed by atoms with Crippen LogP contribution in [0.15, 0.2) is 60.7 Å². The van der Waals surface area contributed by atoms with Crippen molar-refractivity contribution < 1.29 is 28.6 Å². The van der Waals surface area contributed by atoms with Crippen LogP contribution in [0.2, 0.25) is 5.02 Å². The van der Waals surface area contributed by atoms with E-state index in [-0.39, 0.29) is 30.0 Å². The molecule has 0 unspecified atom stereocenters. The highest BCUT2D eigenvalue weighted by Crippen LogP contribution is 2.38. The number of carbonyl (C=O) groups excluding carboxylic acids is 1. The van der Waals surface area contributed by atoms with Crippen molar-refractivity contribution >= 4 is 23.5 Å². The van der Waals surface area contributed by atoms with Crippen LogP contribution in [0.4, 0.5) is 4.39 Å². The van der Waals surface area contributed by atoms with E-state index < -0.39 is 23.9 Å². The van der Waals surface area contributed by atoms with Gasteiger partial charge in [0.1, 0.15) is 29.5 Å². The zero-order valence-corrected chi connectivity index (χ0v) is 22.4. The third-order valence-electron chi connectivity index (χ3n) is 6.29.